The zero-order chi connectivity index (χ0) is 34.9. The van der Waals surface area contributed by atoms with Crippen LogP contribution in [0.2, 0.25) is 0 Å². The fraction of sp³-hybridized carbons (Fsp3) is 0. The van der Waals surface area contributed by atoms with Crippen LogP contribution in [-0.2, 0) is 0 Å². The van der Waals surface area contributed by atoms with E-state index in [1.54, 1.807) is 0 Å². The molecule has 0 unspecified atom stereocenters. The van der Waals surface area contributed by atoms with Gasteiger partial charge in [-0.05, 0) is 94.0 Å². The standard InChI is InChI=1S/C50H32N2O/c1-3-13-33(14-4-1)37-27-36-17-9-10-20-41(36)47(29-37)51(40-24-26-44-45-28-34-15-7-8-16-35(34)30-49(45)53-50(44)32-40)39-23-25-43-42-21-11-12-22-46(42)52(48(43)31-39)38-18-5-2-6-19-38/h1-32H. The molecule has 0 N–H and O–H groups in total. The number of furan rings is 1. The summed E-state index contributed by atoms with van der Waals surface area (Å²) in [5.41, 5.74) is 10.8. The molecule has 0 aliphatic heterocycles. The molecule has 0 amide bonds. The molecule has 3 nitrogen and oxygen atoms in total. The van der Waals surface area contributed by atoms with Crippen LogP contribution in [0, 0.1) is 0 Å². The Morgan fingerprint density at radius 3 is 1.77 bits per heavy atom. The second-order valence-corrected chi connectivity index (χ2v) is 13.8. The minimum absolute atomic E-state index is 0.862. The molecule has 0 fully saturated rings. The summed E-state index contributed by atoms with van der Waals surface area (Å²) in [5, 5.41) is 9.43. The lowest BCUT2D eigenvalue weighted by molar-refractivity contribution is 0.669. The van der Waals surface area contributed by atoms with Crippen molar-refractivity contribution < 1.29 is 4.42 Å². The lowest BCUT2D eigenvalue weighted by Crippen LogP contribution is -2.11. The fourth-order valence-corrected chi connectivity index (χ4v) is 8.24. The van der Waals surface area contributed by atoms with Crippen LogP contribution in [0.15, 0.2) is 199 Å². The van der Waals surface area contributed by atoms with E-state index in [0.717, 1.165) is 50.2 Å². The van der Waals surface area contributed by atoms with Crippen molar-refractivity contribution in [2.45, 2.75) is 0 Å². The van der Waals surface area contributed by atoms with E-state index >= 15 is 0 Å². The zero-order valence-corrected chi connectivity index (χ0v) is 28.8. The lowest BCUT2D eigenvalue weighted by Gasteiger charge is -2.28. The first-order valence-electron chi connectivity index (χ1n) is 18.1. The van der Waals surface area contributed by atoms with Gasteiger partial charge in [-0.1, -0.05) is 121 Å². The first kappa shape index (κ1) is 29.6. The second kappa shape index (κ2) is 11.7. The van der Waals surface area contributed by atoms with E-state index in [1.807, 2.05) is 0 Å². The number of anilines is 3. The summed E-state index contributed by atoms with van der Waals surface area (Å²) in [4.78, 5) is 2.41. The zero-order valence-electron chi connectivity index (χ0n) is 28.8. The number of hydrogen-bond donors (Lipinski definition) is 0. The molecule has 0 saturated heterocycles. The molecule has 0 radical (unpaired) electrons. The van der Waals surface area contributed by atoms with Gasteiger partial charge in [-0.2, -0.15) is 0 Å². The topological polar surface area (TPSA) is 21.3 Å². The predicted molar refractivity (Wildman–Crippen MR) is 223 cm³/mol. The van der Waals surface area contributed by atoms with Gasteiger partial charge in [0.15, 0.2) is 0 Å². The average molecular weight is 677 g/mol. The molecule has 0 bridgehead atoms. The van der Waals surface area contributed by atoms with Gasteiger partial charge in [-0.3, -0.25) is 0 Å². The highest BCUT2D eigenvalue weighted by Gasteiger charge is 2.21. The van der Waals surface area contributed by atoms with E-state index in [0.29, 0.717) is 0 Å². The number of nitrogens with zero attached hydrogens (tertiary/aromatic N) is 2. The highest BCUT2D eigenvalue weighted by Crippen LogP contribution is 2.45. The van der Waals surface area contributed by atoms with E-state index in [-0.39, 0.29) is 0 Å². The predicted octanol–water partition coefficient (Wildman–Crippen LogP) is 14.1. The van der Waals surface area contributed by atoms with Crippen molar-refractivity contribution in [2.24, 2.45) is 0 Å². The molecule has 0 saturated carbocycles. The van der Waals surface area contributed by atoms with Gasteiger partial charge in [0.2, 0.25) is 0 Å². The van der Waals surface area contributed by atoms with Crippen LogP contribution >= 0.6 is 0 Å². The first-order chi connectivity index (χ1) is 26.3. The summed E-state index contributed by atoms with van der Waals surface area (Å²) in [6.07, 6.45) is 0. The third-order valence-electron chi connectivity index (χ3n) is 10.7. The van der Waals surface area contributed by atoms with Crippen molar-refractivity contribution in [1.29, 1.82) is 0 Å². The SMILES string of the molecule is c1ccc(-c2cc(N(c3ccc4c(c3)oc3cc5ccccc5cc34)c3ccc4c5ccccc5n(-c5ccccc5)c4c3)c3ccccc3c2)cc1. The van der Waals surface area contributed by atoms with Crippen molar-refractivity contribution >= 4 is 82.4 Å². The molecule has 0 aliphatic rings. The molecule has 3 heteroatoms. The maximum absolute atomic E-state index is 6.66. The van der Waals surface area contributed by atoms with Crippen LogP contribution in [0.3, 0.4) is 0 Å². The molecule has 2 heterocycles. The van der Waals surface area contributed by atoms with E-state index in [1.165, 1.54) is 49.0 Å². The fourth-order valence-electron chi connectivity index (χ4n) is 8.24. The quantitative estimate of drug-likeness (QED) is 0.181. The summed E-state index contributed by atoms with van der Waals surface area (Å²) < 4.78 is 9.05. The van der Waals surface area contributed by atoms with Gasteiger partial charge >= 0.3 is 0 Å². The van der Waals surface area contributed by atoms with Crippen molar-refractivity contribution in [3.63, 3.8) is 0 Å². The van der Waals surface area contributed by atoms with Crippen LogP contribution in [0.5, 0.6) is 0 Å². The number of rotatable bonds is 5. The Morgan fingerprint density at radius 1 is 0.358 bits per heavy atom. The third kappa shape index (κ3) is 4.75. The normalized spacial score (nSPS) is 11.8. The molecule has 0 spiro atoms. The Morgan fingerprint density at radius 2 is 0.962 bits per heavy atom. The van der Waals surface area contributed by atoms with Crippen LogP contribution in [-0.4, -0.2) is 4.57 Å². The largest absolute Gasteiger partial charge is 0.456 e. The molecule has 11 aromatic rings. The Balaban J connectivity index is 1.21. The summed E-state index contributed by atoms with van der Waals surface area (Å²) >= 11 is 0. The Bertz CT molecular complexity index is 3170. The molecular formula is C50H32N2O. The Labute approximate surface area is 306 Å². The van der Waals surface area contributed by atoms with Crippen molar-refractivity contribution in [1.82, 2.24) is 4.57 Å². The number of hydrogen-bond acceptors (Lipinski definition) is 2. The summed E-state index contributed by atoms with van der Waals surface area (Å²) in [5.74, 6) is 0. The first-order valence-corrected chi connectivity index (χ1v) is 18.1. The van der Waals surface area contributed by atoms with E-state index < -0.39 is 0 Å². The smallest absolute Gasteiger partial charge is 0.137 e. The molecule has 53 heavy (non-hydrogen) atoms. The van der Waals surface area contributed by atoms with Gasteiger partial charge in [-0.25, -0.2) is 0 Å². The van der Waals surface area contributed by atoms with E-state index in [9.17, 15) is 0 Å². The summed E-state index contributed by atoms with van der Waals surface area (Å²) in [6, 6.07) is 69.9. The van der Waals surface area contributed by atoms with Crippen molar-refractivity contribution in [3.05, 3.63) is 194 Å². The van der Waals surface area contributed by atoms with Gasteiger partial charge in [0.05, 0.1) is 16.7 Å². The third-order valence-corrected chi connectivity index (χ3v) is 10.7. The van der Waals surface area contributed by atoms with Gasteiger partial charge in [-0.15, -0.1) is 0 Å². The molecular weight excluding hydrogens is 645 g/mol. The highest BCUT2D eigenvalue weighted by molar-refractivity contribution is 6.13. The number of para-hydroxylation sites is 2. The van der Waals surface area contributed by atoms with Crippen molar-refractivity contribution in [3.8, 4) is 16.8 Å². The lowest BCUT2D eigenvalue weighted by atomic mass is 9.98. The van der Waals surface area contributed by atoms with Gasteiger partial charge < -0.3 is 13.9 Å². The molecule has 0 atom stereocenters. The van der Waals surface area contributed by atoms with Crippen LogP contribution < -0.4 is 4.90 Å². The van der Waals surface area contributed by atoms with Crippen LogP contribution in [0.25, 0.3) is 82.1 Å². The van der Waals surface area contributed by atoms with Crippen molar-refractivity contribution in [2.75, 3.05) is 4.90 Å². The van der Waals surface area contributed by atoms with Gasteiger partial charge in [0.1, 0.15) is 11.2 Å². The minimum atomic E-state index is 0.862. The van der Waals surface area contributed by atoms with Gasteiger partial charge in [0.25, 0.3) is 0 Å². The Kier molecular flexibility index (Phi) is 6.55. The molecule has 2 aromatic heterocycles. The minimum Gasteiger partial charge on any atom is -0.456 e. The maximum atomic E-state index is 6.66. The molecule has 0 aliphatic carbocycles. The number of aromatic nitrogens is 1. The molecule has 248 valence electrons. The van der Waals surface area contributed by atoms with Crippen LogP contribution in [0.1, 0.15) is 0 Å². The number of fused-ring (bicyclic) bond motifs is 8. The maximum Gasteiger partial charge on any atom is 0.137 e. The monoisotopic (exact) mass is 676 g/mol. The molecule has 11 rings (SSSR count). The van der Waals surface area contributed by atoms with Crippen LogP contribution in [0.4, 0.5) is 17.1 Å². The van der Waals surface area contributed by atoms with E-state index in [4.69, 9.17) is 4.42 Å². The summed E-state index contributed by atoms with van der Waals surface area (Å²) in [7, 11) is 0. The summed E-state index contributed by atoms with van der Waals surface area (Å²) in [6.45, 7) is 0. The second-order valence-electron chi connectivity index (χ2n) is 13.8. The Hall–Kier alpha value is -7.10. The highest BCUT2D eigenvalue weighted by atomic mass is 16.3. The number of benzene rings is 9. The molecule has 9 aromatic carbocycles. The van der Waals surface area contributed by atoms with E-state index in [2.05, 4.69) is 204 Å². The average Bonchev–Trinajstić information content (AvgIpc) is 3.75. The van der Waals surface area contributed by atoms with Gasteiger partial charge in [0, 0.05) is 50.1 Å².